The molecular weight excluding hydrogens is 216 g/mol. The van der Waals surface area contributed by atoms with E-state index in [4.69, 9.17) is 9.47 Å². The summed E-state index contributed by atoms with van der Waals surface area (Å²) >= 11 is 0. The van der Waals surface area contributed by atoms with Crippen molar-refractivity contribution in [2.45, 2.75) is 32.8 Å². The number of para-hydroxylation sites is 1. The van der Waals surface area contributed by atoms with E-state index in [1.54, 1.807) is 13.2 Å². The molecule has 0 radical (unpaired) electrons. The molecule has 1 unspecified atom stereocenters. The Bertz CT molecular complexity index is 356. The molecule has 1 rings (SSSR count). The highest BCUT2D eigenvalue weighted by atomic mass is 16.5. The highest BCUT2D eigenvalue weighted by molar-refractivity contribution is 6.01. The molecule has 0 bridgehead atoms. The molecule has 17 heavy (non-hydrogen) atoms. The van der Waals surface area contributed by atoms with E-state index >= 15 is 0 Å². The molecule has 0 N–H and O–H groups in total. The number of methoxy groups -OCH3 is 1. The molecule has 0 heterocycles. The summed E-state index contributed by atoms with van der Waals surface area (Å²) in [7, 11) is 1.56. The molecule has 0 spiro atoms. The Morgan fingerprint density at radius 1 is 1.29 bits per heavy atom. The molecule has 3 heteroatoms. The largest absolute Gasteiger partial charge is 0.493 e. The second-order valence-corrected chi connectivity index (χ2v) is 3.84. The monoisotopic (exact) mass is 236 g/mol. The number of hydrogen-bond acceptors (Lipinski definition) is 3. The fraction of sp³-hybridized carbons (Fsp3) is 0.500. The van der Waals surface area contributed by atoms with E-state index in [9.17, 15) is 4.79 Å². The van der Waals surface area contributed by atoms with Gasteiger partial charge >= 0.3 is 0 Å². The first-order valence-electron chi connectivity index (χ1n) is 6.03. The van der Waals surface area contributed by atoms with Crippen molar-refractivity contribution in [2.24, 2.45) is 0 Å². The van der Waals surface area contributed by atoms with Gasteiger partial charge in [-0.1, -0.05) is 26.0 Å². The summed E-state index contributed by atoms with van der Waals surface area (Å²) in [5, 5.41) is 0. The molecule has 1 atom stereocenters. The van der Waals surface area contributed by atoms with Crippen LogP contribution in [0, 0.1) is 0 Å². The molecule has 3 nitrogen and oxygen atoms in total. The summed E-state index contributed by atoms with van der Waals surface area (Å²) < 4.78 is 10.7. The smallest absolute Gasteiger partial charge is 0.195 e. The summed E-state index contributed by atoms with van der Waals surface area (Å²) in [6, 6.07) is 7.32. The molecule has 0 amide bonds. The van der Waals surface area contributed by atoms with Gasteiger partial charge in [0, 0.05) is 7.11 Å². The van der Waals surface area contributed by atoms with E-state index in [1.807, 2.05) is 32.0 Å². The summed E-state index contributed by atoms with van der Waals surface area (Å²) in [4.78, 5) is 12.2. The zero-order chi connectivity index (χ0) is 12.7. The molecule has 0 saturated heterocycles. The average molecular weight is 236 g/mol. The van der Waals surface area contributed by atoms with Crippen molar-refractivity contribution >= 4 is 5.78 Å². The number of Topliss-reactive ketones (excluding diaryl/α,β-unsaturated/α-hetero) is 1. The number of hydrogen-bond donors (Lipinski definition) is 0. The Hall–Kier alpha value is -1.35. The molecule has 1 aromatic rings. The number of ether oxygens (including phenoxy) is 2. The lowest BCUT2D eigenvalue weighted by Gasteiger charge is -2.15. The molecule has 94 valence electrons. The molecular formula is C14H20O3. The maximum atomic E-state index is 12.2. The minimum atomic E-state index is -0.388. The maximum Gasteiger partial charge on any atom is 0.195 e. The number of benzene rings is 1. The molecule has 0 aliphatic carbocycles. The van der Waals surface area contributed by atoms with Crippen molar-refractivity contribution in [3.05, 3.63) is 29.8 Å². The van der Waals surface area contributed by atoms with Gasteiger partial charge in [-0.25, -0.2) is 0 Å². The van der Waals surface area contributed by atoms with Crippen LogP contribution in [0.25, 0.3) is 0 Å². The van der Waals surface area contributed by atoms with Crippen LogP contribution in [0.3, 0.4) is 0 Å². The van der Waals surface area contributed by atoms with E-state index in [2.05, 4.69) is 0 Å². The summed E-state index contributed by atoms with van der Waals surface area (Å²) in [5.41, 5.74) is 0.606. The molecule has 0 aliphatic rings. The molecule has 0 aromatic heterocycles. The summed E-state index contributed by atoms with van der Waals surface area (Å²) in [6.45, 7) is 4.59. The predicted molar refractivity (Wildman–Crippen MR) is 67.6 cm³/mol. The van der Waals surface area contributed by atoms with Gasteiger partial charge in [-0.05, 0) is 25.0 Å². The van der Waals surface area contributed by atoms with Gasteiger partial charge < -0.3 is 9.47 Å². The van der Waals surface area contributed by atoms with Gasteiger partial charge in [-0.3, -0.25) is 4.79 Å². The van der Waals surface area contributed by atoms with Crippen LogP contribution in [0.4, 0.5) is 0 Å². The third-order valence-electron chi connectivity index (χ3n) is 2.56. The Morgan fingerprint density at radius 2 is 2.00 bits per heavy atom. The maximum absolute atomic E-state index is 12.2. The van der Waals surface area contributed by atoms with E-state index in [0.29, 0.717) is 24.3 Å². The fourth-order valence-corrected chi connectivity index (χ4v) is 1.64. The number of rotatable bonds is 7. The number of ketones is 1. The highest BCUT2D eigenvalue weighted by Gasteiger charge is 2.20. The second kappa shape index (κ2) is 7.07. The Morgan fingerprint density at radius 3 is 2.59 bits per heavy atom. The first kappa shape index (κ1) is 13.7. The van der Waals surface area contributed by atoms with Crippen molar-refractivity contribution < 1.29 is 14.3 Å². The third kappa shape index (κ3) is 3.56. The lowest BCUT2D eigenvalue weighted by Crippen LogP contribution is -2.22. The average Bonchev–Trinajstić information content (AvgIpc) is 2.38. The van der Waals surface area contributed by atoms with Crippen LogP contribution in [0.1, 0.15) is 37.0 Å². The van der Waals surface area contributed by atoms with E-state index in [-0.39, 0.29) is 11.9 Å². The normalized spacial score (nSPS) is 12.2. The zero-order valence-corrected chi connectivity index (χ0v) is 10.7. The molecule has 1 aromatic carbocycles. The van der Waals surface area contributed by atoms with Crippen molar-refractivity contribution in [1.29, 1.82) is 0 Å². The second-order valence-electron chi connectivity index (χ2n) is 3.84. The van der Waals surface area contributed by atoms with Gasteiger partial charge in [0.15, 0.2) is 5.78 Å². The van der Waals surface area contributed by atoms with Crippen LogP contribution < -0.4 is 4.74 Å². The quantitative estimate of drug-likeness (QED) is 0.682. The van der Waals surface area contributed by atoms with Crippen LogP contribution in [-0.2, 0) is 4.74 Å². The van der Waals surface area contributed by atoms with Gasteiger partial charge in [0.1, 0.15) is 11.9 Å². The fourth-order valence-electron chi connectivity index (χ4n) is 1.64. The summed E-state index contributed by atoms with van der Waals surface area (Å²) in [6.07, 6.45) is 1.20. The lowest BCUT2D eigenvalue weighted by molar-refractivity contribution is 0.0592. The van der Waals surface area contributed by atoms with Crippen molar-refractivity contribution in [3.8, 4) is 5.75 Å². The minimum absolute atomic E-state index is 0.0123. The van der Waals surface area contributed by atoms with Gasteiger partial charge in [0.05, 0.1) is 12.2 Å². The first-order chi connectivity index (χ1) is 8.24. The van der Waals surface area contributed by atoms with E-state index in [1.165, 1.54) is 0 Å². The van der Waals surface area contributed by atoms with E-state index in [0.717, 1.165) is 6.42 Å². The molecule has 0 aliphatic heterocycles. The van der Waals surface area contributed by atoms with Crippen LogP contribution in [-0.4, -0.2) is 25.6 Å². The van der Waals surface area contributed by atoms with Gasteiger partial charge in [-0.15, -0.1) is 0 Å². The zero-order valence-electron chi connectivity index (χ0n) is 10.7. The van der Waals surface area contributed by atoms with Crippen LogP contribution >= 0.6 is 0 Å². The molecule has 0 saturated carbocycles. The number of carbonyl (C=O) groups excluding carboxylic acids is 1. The molecule has 0 fully saturated rings. The Kier molecular flexibility index (Phi) is 5.70. The lowest BCUT2D eigenvalue weighted by atomic mass is 10.0. The standard InChI is InChI=1S/C14H20O3/c1-4-10-17-13-9-7-6-8-11(13)14(15)12(5-2)16-3/h6-9,12H,4-5,10H2,1-3H3. The van der Waals surface area contributed by atoms with E-state index < -0.39 is 0 Å². The summed E-state index contributed by atoms with van der Waals surface area (Å²) in [5.74, 6) is 0.636. The topological polar surface area (TPSA) is 35.5 Å². The highest BCUT2D eigenvalue weighted by Crippen LogP contribution is 2.21. The minimum Gasteiger partial charge on any atom is -0.493 e. The third-order valence-corrected chi connectivity index (χ3v) is 2.56. The van der Waals surface area contributed by atoms with Crippen molar-refractivity contribution in [2.75, 3.05) is 13.7 Å². The van der Waals surface area contributed by atoms with Gasteiger partial charge in [-0.2, -0.15) is 0 Å². The van der Waals surface area contributed by atoms with Crippen LogP contribution in [0.2, 0.25) is 0 Å². The van der Waals surface area contributed by atoms with Crippen molar-refractivity contribution in [3.63, 3.8) is 0 Å². The predicted octanol–water partition coefficient (Wildman–Crippen LogP) is 3.08. The van der Waals surface area contributed by atoms with Crippen LogP contribution in [0.5, 0.6) is 5.75 Å². The van der Waals surface area contributed by atoms with Crippen LogP contribution in [0.15, 0.2) is 24.3 Å². The Labute approximate surface area is 103 Å². The SMILES string of the molecule is CCCOc1ccccc1C(=O)C(CC)OC. The van der Waals surface area contributed by atoms with Crippen molar-refractivity contribution in [1.82, 2.24) is 0 Å². The Balaban J connectivity index is 2.91. The van der Waals surface area contributed by atoms with Gasteiger partial charge in [0.2, 0.25) is 0 Å². The van der Waals surface area contributed by atoms with Gasteiger partial charge in [0.25, 0.3) is 0 Å². The number of carbonyl (C=O) groups is 1. The first-order valence-corrected chi connectivity index (χ1v) is 6.03.